The van der Waals surface area contributed by atoms with Crippen molar-refractivity contribution in [1.29, 1.82) is 0 Å². The van der Waals surface area contributed by atoms with Crippen LogP contribution in [-0.2, 0) is 17.8 Å². The van der Waals surface area contributed by atoms with E-state index in [0.29, 0.717) is 18.1 Å². The van der Waals surface area contributed by atoms with Crippen LogP contribution in [0.1, 0.15) is 18.2 Å². The number of halogens is 1. The van der Waals surface area contributed by atoms with Gasteiger partial charge in [-0.25, -0.2) is 0 Å². The van der Waals surface area contributed by atoms with E-state index in [4.69, 9.17) is 16.1 Å². The molecule has 0 spiro atoms. The molecule has 1 aliphatic heterocycles. The molecule has 0 aliphatic carbocycles. The van der Waals surface area contributed by atoms with Gasteiger partial charge in [0.05, 0.1) is 6.54 Å². The van der Waals surface area contributed by atoms with Crippen molar-refractivity contribution >= 4 is 17.5 Å². The minimum atomic E-state index is 0.0710. The Kier molecular flexibility index (Phi) is 3.03. The van der Waals surface area contributed by atoms with Gasteiger partial charge in [-0.2, -0.15) is 0 Å². The zero-order valence-corrected chi connectivity index (χ0v) is 11.3. The van der Waals surface area contributed by atoms with Crippen LogP contribution in [0.5, 0.6) is 0 Å². The van der Waals surface area contributed by atoms with E-state index in [9.17, 15) is 4.79 Å². The number of nitrogens with zero attached hydrogens (tertiary/aromatic N) is 2. The molecule has 0 N–H and O–H groups in total. The van der Waals surface area contributed by atoms with Crippen LogP contribution in [0.25, 0.3) is 11.3 Å². The Bertz CT molecular complexity index is 619. The first-order valence-electron chi connectivity index (χ1n) is 6.14. The van der Waals surface area contributed by atoms with Crippen molar-refractivity contribution in [1.82, 2.24) is 10.1 Å². The fourth-order valence-electron chi connectivity index (χ4n) is 2.33. The van der Waals surface area contributed by atoms with Gasteiger partial charge in [-0.05, 0) is 30.7 Å². The third kappa shape index (κ3) is 2.24. The van der Waals surface area contributed by atoms with Crippen LogP contribution in [0, 0.1) is 0 Å². The quantitative estimate of drug-likeness (QED) is 0.804. The zero-order chi connectivity index (χ0) is 13.4. The lowest BCUT2D eigenvalue weighted by atomic mass is 10.0. The van der Waals surface area contributed by atoms with Crippen LogP contribution in [0.4, 0.5) is 0 Å². The molecule has 1 aliphatic rings. The van der Waals surface area contributed by atoms with E-state index in [1.807, 2.05) is 24.3 Å². The molecule has 19 heavy (non-hydrogen) atoms. The molecule has 1 aromatic heterocycles. The van der Waals surface area contributed by atoms with Gasteiger partial charge in [0.1, 0.15) is 5.69 Å². The van der Waals surface area contributed by atoms with Gasteiger partial charge in [-0.15, -0.1) is 0 Å². The van der Waals surface area contributed by atoms with Gasteiger partial charge in [0.25, 0.3) is 0 Å². The van der Waals surface area contributed by atoms with E-state index in [1.54, 1.807) is 11.8 Å². The highest BCUT2D eigenvalue weighted by Gasteiger charge is 2.25. The number of carbonyl (C=O) groups excluding carboxylic acids is 1. The Balaban J connectivity index is 1.95. The van der Waals surface area contributed by atoms with Crippen LogP contribution in [-0.4, -0.2) is 22.5 Å². The van der Waals surface area contributed by atoms with Crippen LogP contribution >= 0.6 is 11.6 Å². The van der Waals surface area contributed by atoms with Crippen LogP contribution in [0.2, 0.25) is 5.02 Å². The highest BCUT2D eigenvalue weighted by molar-refractivity contribution is 6.30. The third-order valence-electron chi connectivity index (χ3n) is 3.39. The standard InChI is InChI=1S/C14H13ClN2O2/c1-9(18)17-7-6-12-13(8-17)16-19-14(12)10-2-4-11(15)5-3-10/h2-5H,6-8H2,1H3. The largest absolute Gasteiger partial charge is 0.356 e. The normalized spacial score (nSPS) is 14.3. The molecule has 1 aromatic carbocycles. The number of carbonyl (C=O) groups is 1. The molecular formula is C14H13ClN2O2. The Hall–Kier alpha value is -1.81. The number of hydrogen-bond donors (Lipinski definition) is 0. The van der Waals surface area contributed by atoms with Gasteiger partial charge in [0.2, 0.25) is 5.91 Å². The first kappa shape index (κ1) is 12.2. The Morgan fingerprint density at radius 2 is 2.11 bits per heavy atom. The molecule has 98 valence electrons. The smallest absolute Gasteiger partial charge is 0.219 e. The van der Waals surface area contributed by atoms with E-state index in [0.717, 1.165) is 29.0 Å². The first-order valence-corrected chi connectivity index (χ1v) is 6.52. The Morgan fingerprint density at radius 1 is 1.37 bits per heavy atom. The lowest BCUT2D eigenvalue weighted by molar-refractivity contribution is -0.129. The van der Waals surface area contributed by atoms with Crippen molar-refractivity contribution in [2.75, 3.05) is 6.54 Å². The summed E-state index contributed by atoms with van der Waals surface area (Å²) in [6.45, 7) is 2.82. The number of rotatable bonds is 1. The molecule has 2 heterocycles. The fourth-order valence-corrected chi connectivity index (χ4v) is 2.45. The summed E-state index contributed by atoms with van der Waals surface area (Å²) in [7, 11) is 0. The molecule has 0 saturated carbocycles. The molecule has 0 saturated heterocycles. The van der Waals surface area contributed by atoms with Crippen molar-refractivity contribution in [3.63, 3.8) is 0 Å². The minimum absolute atomic E-state index is 0.0710. The van der Waals surface area contributed by atoms with Crippen molar-refractivity contribution in [2.24, 2.45) is 0 Å². The van der Waals surface area contributed by atoms with Crippen molar-refractivity contribution in [3.8, 4) is 11.3 Å². The number of hydrogen-bond acceptors (Lipinski definition) is 3. The van der Waals surface area contributed by atoms with Gasteiger partial charge in [0.15, 0.2) is 5.76 Å². The molecule has 2 aromatic rings. The Morgan fingerprint density at radius 3 is 2.79 bits per heavy atom. The monoisotopic (exact) mass is 276 g/mol. The molecule has 0 unspecified atom stereocenters. The van der Waals surface area contributed by atoms with Gasteiger partial charge in [-0.1, -0.05) is 16.8 Å². The zero-order valence-electron chi connectivity index (χ0n) is 10.5. The van der Waals surface area contributed by atoms with E-state index in [-0.39, 0.29) is 5.91 Å². The van der Waals surface area contributed by atoms with Crippen molar-refractivity contribution < 1.29 is 9.32 Å². The highest BCUT2D eigenvalue weighted by atomic mass is 35.5. The topological polar surface area (TPSA) is 46.3 Å². The third-order valence-corrected chi connectivity index (χ3v) is 3.65. The highest BCUT2D eigenvalue weighted by Crippen LogP contribution is 2.30. The summed E-state index contributed by atoms with van der Waals surface area (Å²) in [5, 5.41) is 4.78. The predicted octanol–water partition coefficient (Wildman–Crippen LogP) is 2.90. The predicted molar refractivity (Wildman–Crippen MR) is 71.7 cm³/mol. The van der Waals surface area contributed by atoms with E-state index in [1.165, 1.54) is 0 Å². The molecule has 0 atom stereocenters. The van der Waals surface area contributed by atoms with Gasteiger partial charge >= 0.3 is 0 Å². The summed E-state index contributed by atoms with van der Waals surface area (Å²) in [5.74, 6) is 0.858. The molecule has 3 rings (SSSR count). The van der Waals surface area contributed by atoms with E-state index >= 15 is 0 Å². The van der Waals surface area contributed by atoms with Crippen molar-refractivity contribution in [3.05, 3.63) is 40.5 Å². The van der Waals surface area contributed by atoms with Crippen LogP contribution in [0.15, 0.2) is 28.8 Å². The van der Waals surface area contributed by atoms with Crippen molar-refractivity contribution in [2.45, 2.75) is 19.9 Å². The summed E-state index contributed by atoms with van der Waals surface area (Å²) in [5.41, 5.74) is 2.92. The maximum Gasteiger partial charge on any atom is 0.219 e. The fraction of sp³-hybridized carbons (Fsp3) is 0.286. The average Bonchev–Trinajstić information content (AvgIpc) is 2.82. The maximum atomic E-state index is 11.4. The van der Waals surface area contributed by atoms with E-state index in [2.05, 4.69) is 5.16 Å². The second-order valence-corrected chi connectivity index (χ2v) is 5.07. The summed E-state index contributed by atoms with van der Waals surface area (Å²) >= 11 is 5.88. The number of aromatic nitrogens is 1. The number of amides is 1. The second kappa shape index (κ2) is 4.70. The number of benzene rings is 1. The molecule has 4 nitrogen and oxygen atoms in total. The second-order valence-electron chi connectivity index (χ2n) is 4.63. The SMILES string of the molecule is CC(=O)N1CCc2c(noc2-c2ccc(Cl)cc2)C1. The summed E-state index contributed by atoms with van der Waals surface area (Å²) in [4.78, 5) is 13.2. The molecule has 0 fully saturated rings. The maximum absolute atomic E-state index is 11.4. The first-order chi connectivity index (χ1) is 9.15. The van der Waals surface area contributed by atoms with Gasteiger partial charge < -0.3 is 9.42 Å². The summed E-state index contributed by atoms with van der Waals surface area (Å²) < 4.78 is 5.44. The molecule has 5 heteroatoms. The lowest BCUT2D eigenvalue weighted by Gasteiger charge is -2.24. The van der Waals surface area contributed by atoms with Crippen LogP contribution in [0.3, 0.4) is 0 Å². The molecule has 1 amide bonds. The molecule has 0 bridgehead atoms. The average molecular weight is 277 g/mol. The molecule has 0 radical (unpaired) electrons. The summed E-state index contributed by atoms with van der Waals surface area (Å²) in [6.07, 6.45) is 0.774. The van der Waals surface area contributed by atoms with Gasteiger partial charge in [0, 0.05) is 29.6 Å². The number of fused-ring (bicyclic) bond motifs is 1. The van der Waals surface area contributed by atoms with Gasteiger partial charge in [-0.3, -0.25) is 4.79 Å². The molecular weight excluding hydrogens is 264 g/mol. The van der Waals surface area contributed by atoms with E-state index < -0.39 is 0 Å². The lowest BCUT2D eigenvalue weighted by Crippen LogP contribution is -2.34. The minimum Gasteiger partial charge on any atom is -0.356 e. The summed E-state index contributed by atoms with van der Waals surface area (Å²) in [6, 6.07) is 7.49. The Labute approximate surface area is 115 Å². The van der Waals surface area contributed by atoms with Crippen LogP contribution < -0.4 is 0 Å².